The minimum absolute atomic E-state index is 0.0301. The third-order valence-electron chi connectivity index (χ3n) is 1.79. The standard InChI is InChI=1S/C8H15F2NO3/c1-5(2)3-6(11(9)10)7(12)4-8(13)14/h5-7,12H,3-4H2,1-2H3,(H,13,14)/t6-,7-/m0/s1. The molecule has 0 aliphatic rings. The van der Waals surface area contributed by atoms with Crippen molar-refractivity contribution in [2.24, 2.45) is 5.92 Å². The molecule has 0 amide bonds. The van der Waals surface area contributed by atoms with Gasteiger partial charge in [0.2, 0.25) is 0 Å². The number of hydrogen-bond donors (Lipinski definition) is 2. The highest BCUT2D eigenvalue weighted by molar-refractivity contribution is 5.67. The smallest absolute Gasteiger partial charge is 0.306 e. The molecule has 0 spiro atoms. The second-order valence-corrected chi connectivity index (χ2v) is 3.62. The fourth-order valence-electron chi connectivity index (χ4n) is 1.16. The van der Waals surface area contributed by atoms with Gasteiger partial charge in [-0.3, -0.25) is 4.79 Å². The first-order valence-electron chi connectivity index (χ1n) is 4.35. The SMILES string of the molecule is CC(C)C[C@@H]([C@@H](O)CC(=O)O)N(F)F. The van der Waals surface area contributed by atoms with Crippen LogP contribution in [0.5, 0.6) is 0 Å². The summed E-state index contributed by atoms with van der Waals surface area (Å²) < 4.78 is 24.5. The molecule has 0 radical (unpaired) electrons. The molecule has 0 aromatic rings. The number of aliphatic hydroxyl groups excluding tert-OH is 1. The second-order valence-electron chi connectivity index (χ2n) is 3.62. The van der Waals surface area contributed by atoms with Crippen LogP contribution in [0.4, 0.5) is 8.96 Å². The minimum atomic E-state index is -1.54. The van der Waals surface area contributed by atoms with Crippen LogP contribution < -0.4 is 0 Å². The summed E-state index contributed by atoms with van der Waals surface area (Å²) in [5.41, 5.74) is 0. The van der Waals surface area contributed by atoms with Crippen molar-refractivity contribution in [2.75, 3.05) is 0 Å². The number of halogens is 2. The lowest BCUT2D eigenvalue weighted by Gasteiger charge is -2.22. The maximum Gasteiger partial charge on any atom is 0.306 e. The van der Waals surface area contributed by atoms with Crippen LogP contribution in [0.1, 0.15) is 26.7 Å². The Hall–Kier alpha value is -0.750. The Morgan fingerprint density at radius 1 is 1.43 bits per heavy atom. The lowest BCUT2D eigenvalue weighted by molar-refractivity contribution is -0.214. The number of carboxylic acids is 1. The van der Waals surface area contributed by atoms with E-state index >= 15 is 0 Å². The summed E-state index contributed by atoms with van der Waals surface area (Å²) in [5, 5.41) is 16.4. The van der Waals surface area contributed by atoms with E-state index in [1.54, 1.807) is 13.8 Å². The van der Waals surface area contributed by atoms with Crippen molar-refractivity contribution < 1.29 is 24.0 Å². The molecule has 0 unspecified atom stereocenters. The number of carboxylic acid groups (broad SMARTS) is 1. The minimum Gasteiger partial charge on any atom is -0.481 e. The molecule has 0 fully saturated rings. The first-order valence-corrected chi connectivity index (χ1v) is 4.35. The quantitative estimate of drug-likeness (QED) is 0.650. The first kappa shape index (κ1) is 13.2. The molecule has 0 saturated heterocycles. The van der Waals surface area contributed by atoms with Gasteiger partial charge in [0.15, 0.2) is 0 Å². The molecule has 0 heterocycles. The van der Waals surface area contributed by atoms with Crippen molar-refractivity contribution in [2.45, 2.75) is 38.8 Å². The predicted octanol–water partition coefficient (Wildman–Crippen LogP) is 1.31. The molecule has 2 atom stereocenters. The fraction of sp³-hybridized carbons (Fsp3) is 0.875. The van der Waals surface area contributed by atoms with Gasteiger partial charge in [-0.15, -0.1) is 8.96 Å². The molecular formula is C8H15F2NO3. The van der Waals surface area contributed by atoms with Gasteiger partial charge in [-0.2, -0.15) is 0 Å². The van der Waals surface area contributed by atoms with Crippen molar-refractivity contribution in [1.82, 2.24) is 5.34 Å². The second kappa shape index (κ2) is 5.87. The van der Waals surface area contributed by atoms with Crippen LogP contribution in [0.15, 0.2) is 0 Å². The Bertz CT molecular complexity index is 187. The average molecular weight is 211 g/mol. The summed E-state index contributed by atoms with van der Waals surface area (Å²) in [6, 6.07) is -1.41. The van der Waals surface area contributed by atoms with E-state index in [9.17, 15) is 18.9 Å². The Morgan fingerprint density at radius 2 is 1.93 bits per heavy atom. The van der Waals surface area contributed by atoms with Crippen LogP contribution in [0.3, 0.4) is 0 Å². The highest BCUT2D eigenvalue weighted by Crippen LogP contribution is 2.18. The summed E-state index contributed by atoms with van der Waals surface area (Å²) in [6.07, 6.45) is -2.15. The molecule has 6 heteroatoms. The molecule has 0 aliphatic carbocycles. The molecule has 84 valence electrons. The molecule has 0 aromatic carbocycles. The zero-order chi connectivity index (χ0) is 11.3. The van der Waals surface area contributed by atoms with E-state index in [1.165, 1.54) is 0 Å². The van der Waals surface area contributed by atoms with Crippen LogP contribution in [-0.4, -0.2) is 33.7 Å². The number of aliphatic hydroxyl groups is 1. The number of aliphatic carboxylic acids is 1. The Labute approximate surface area is 81.0 Å². The van der Waals surface area contributed by atoms with Crippen molar-refractivity contribution in [1.29, 1.82) is 0 Å². The predicted molar refractivity (Wildman–Crippen MR) is 45.6 cm³/mol. The third kappa shape index (κ3) is 5.08. The largest absolute Gasteiger partial charge is 0.481 e. The van der Waals surface area contributed by atoms with Crippen molar-refractivity contribution >= 4 is 5.97 Å². The van der Waals surface area contributed by atoms with E-state index in [2.05, 4.69) is 0 Å². The van der Waals surface area contributed by atoms with E-state index in [4.69, 9.17) is 5.11 Å². The van der Waals surface area contributed by atoms with Gasteiger partial charge in [0.25, 0.3) is 0 Å². The number of rotatable bonds is 6. The summed E-state index contributed by atoms with van der Waals surface area (Å²) in [5.74, 6) is -1.31. The van der Waals surface area contributed by atoms with Gasteiger partial charge in [-0.25, -0.2) is 0 Å². The molecule has 0 rings (SSSR count). The third-order valence-corrected chi connectivity index (χ3v) is 1.79. The number of hydrogen-bond acceptors (Lipinski definition) is 3. The van der Waals surface area contributed by atoms with Gasteiger partial charge in [0, 0.05) is 5.34 Å². The van der Waals surface area contributed by atoms with Crippen molar-refractivity contribution in [3.63, 3.8) is 0 Å². The molecule has 14 heavy (non-hydrogen) atoms. The van der Waals surface area contributed by atoms with Crippen LogP contribution in [0.25, 0.3) is 0 Å². The lowest BCUT2D eigenvalue weighted by Crippen LogP contribution is -2.37. The van der Waals surface area contributed by atoms with Crippen LogP contribution in [-0.2, 0) is 4.79 Å². The zero-order valence-corrected chi connectivity index (χ0v) is 8.15. The topological polar surface area (TPSA) is 60.8 Å². The summed E-state index contributed by atoms with van der Waals surface area (Å²) in [7, 11) is 0. The van der Waals surface area contributed by atoms with E-state index in [1.807, 2.05) is 0 Å². The van der Waals surface area contributed by atoms with Gasteiger partial charge in [-0.05, 0) is 12.3 Å². The first-order chi connectivity index (χ1) is 6.34. The highest BCUT2D eigenvalue weighted by atomic mass is 19.4. The molecule has 0 aliphatic heterocycles. The monoisotopic (exact) mass is 211 g/mol. The Morgan fingerprint density at radius 3 is 2.21 bits per heavy atom. The Kier molecular flexibility index (Phi) is 5.56. The van der Waals surface area contributed by atoms with Gasteiger partial charge in [0.05, 0.1) is 18.6 Å². The van der Waals surface area contributed by atoms with Crippen LogP contribution in [0, 0.1) is 5.92 Å². The van der Waals surface area contributed by atoms with Crippen molar-refractivity contribution in [3.05, 3.63) is 0 Å². The van der Waals surface area contributed by atoms with Gasteiger partial charge in [-0.1, -0.05) is 13.8 Å². The maximum atomic E-state index is 12.2. The van der Waals surface area contributed by atoms with Crippen LogP contribution in [0.2, 0.25) is 0 Å². The summed E-state index contributed by atoms with van der Waals surface area (Å²) >= 11 is 0. The van der Waals surface area contributed by atoms with Gasteiger partial charge < -0.3 is 10.2 Å². The normalized spacial score (nSPS) is 15.9. The van der Waals surface area contributed by atoms with E-state index in [0.29, 0.717) is 0 Å². The molecule has 0 bridgehead atoms. The van der Waals surface area contributed by atoms with Gasteiger partial charge in [0.1, 0.15) is 0 Å². The van der Waals surface area contributed by atoms with E-state index < -0.39 is 29.9 Å². The molecular weight excluding hydrogens is 196 g/mol. The maximum absolute atomic E-state index is 12.2. The summed E-state index contributed by atoms with van der Waals surface area (Å²) in [4.78, 5) is 10.2. The lowest BCUT2D eigenvalue weighted by atomic mass is 9.98. The van der Waals surface area contributed by atoms with E-state index in [-0.39, 0.29) is 12.3 Å². The highest BCUT2D eigenvalue weighted by Gasteiger charge is 2.29. The molecule has 4 nitrogen and oxygen atoms in total. The number of carbonyl (C=O) groups is 1. The summed E-state index contributed by atoms with van der Waals surface area (Å²) in [6.45, 7) is 3.45. The zero-order valence-electron chi connectivity index (χ0n) is 8.15. The molecule has 0 saturated carbocycles. The molecule has 0 aromatic heterocycles. The molecule has 2 N–H and O–H groups in total. The Balaban J connectivity index is 4.25. The fourth-order valence-corrected chi connectivity index (χ4v) is 1.16. The van der Waals surface area contributed by atoms with E-state index in [0.717, 1.165) is 0 Å². The van der Waals surface area contributed by atoms with Crippen LogP contribution >= 0.6 is 0 Å². The van der Waals surface area contributed by atoms with Gasteiger partial charge >= 0.3 is 5.97 Å². The number of nitrogens with zero attached hydrogens (tertiary/aromatic N) is 1. The van der Waals surface area contributed by atoms with Crippen molar-refractivity contribution in [3.8, 4) is 0 Å². The average Bonchev–Trinajstić information content (AvgIpc) is 1.97.